The highest BCUT2D eigenvalue weighted by molar-refractivity contribution is 5.41. The summed E-state index contributed by atoms with van der Waals surface area (Å²) in [6.07, 6.45) is 0. The van der Waals surface area contributed by atoms with Gasteiger partial charge in [-0.15, -0.1) is 0 Å². The van der Waals surface area contributed by atoms with Crippen molar-refractivity contribution in [1.29, 1.82) is 0 Å². The molecule has 92 valence electrons. The zero-order valence-electron chi connectivity index (χ0n) is 11.4. The molecule has 0 aliphatic rings. The van der Waals surface area contributed by atoms with Crippen molar-refractivity contribution < 1.29 is 0 Å². The van der Waals surface area contributed by atoms with Gasteiger partial charge in [-0.1, -0.05) is 0 Å². The fourth-order valence-corrected chi connectivity index (χ4v) is 0.456. The monoisotopic (exact) mass is 224 g/mol. The summed E-state index contributed by atoms with van der Waals surface area (Å²) < 4.78 is 0. The first-order valence-corrected chi connectivity index (χ1v) is 5.77. The lowest BCUT2D eigenvalue weighted by atomic mass is 10.4. The zero-order valence-corrected chi connectivity index (χ0v) is 11.4. The minimum atomic E-state index is 0.312. The average molecular weight is 224 g/mol. The summed E-state index contributed by atoms with van der Waals surface area (Å²) >= 11 is 0. The van der Waals surface area contributed by atoms with Gasteiger partial charge in [0.1, 0.15) is 0 Å². The molecule has 4 heteroatoms. The molecule has 0 aromatic rings. The van der Waals surface area contributed by atoms with E-state index in [2.05, 4.69) is 32.0 Å². The van der Waals surface area contributed by atoms with E-state index in [-0.39, 0.29) is 0 Å². The Balaban J connectivity index is 0. The molecular weight excluding hydrogens is 200 g/mol. The van der Waals surface area contributed by atoms with Crippen molar-refractivity contribution >= 4 is 12.0 Å². The molecule has 0 aromatic heterocycles. The van der Waals surface area contributed by atoms with Crippen LogP contribution in [0, 0.1) is 0 Å². The van der Waals surface area contributed by atoms with Crippen LogP contribution in [0.15, 0.2) is 20.0 Å². The van der Waals surface area contributed by atoms with Gasteiger partial charge in [-0.2, -0.15) is 0 Å². The number of nitrogens with zero attached hydrogens (tertiary/aromatic N) is 4. The Hall–Kier alpha value is -1.24. The third-order valence-corrected chi connectivity index (χ3v) is 1.09. The molecule has 0 amide bonds. The summed E-state index contributed by atoms with van der Waals surface area (Å²) in [5.74, 6) is 0. The van der Waals surface area contributed by atoms with Gasteiger partial charge in [0.25, 0.3) is 0 Å². The third-order valence-electron chi connectivity index (χ3n) is 1.09. The molecule has 0 spiro atoms. The number of hydrogen-bond donors (Lipinski definition) is 0. The standard InChI is InChI=1S/C7H14N2.C5H10N2/c1-6(2)8-5-9-7(3)4;1-3-6-5-7-4-2/h6-7H,1-4H3;3-4H2,1-2H3. The molecule has 0 aliphatic carbocycles. The molecule has 0 heterocycles. The number of hydrogen-bond acceptors (Lipinski definition) is 4. The Morgan fingerprint density at radius 3 is 1.38 bits per heavy atom. The zero-order chi connectivity index (χ0) is 12.8. The van der Waals surface area contributed by atoms with Crippen molar-refractivity contribution in [3.8, 4) is 0 Å². The van der Waals surface area contributed by atoms with Crippen LogP contribution in [0.5, 0.6) is 0 Å². The molecule has 0 aromatic carbocycles. The minimum Gasteiger partial charge on any atom is -0.226 e. The van der Waals surface area contributed by atoms with Crippen molar-refractivity contribution in [2.45, 2.75) is 53.6 Å². The molecule has 0 bridgehead atoms. The van der Waals surface area contributed by atoms with Crippen molar-refractivity contribution in [3.63, 3.8) is 0 Å². The molecule has 0 unspecified atom stereocenters. The van der Waals surface area contributed by atoms with E-state index in [4.69, 9.17) is 0 Å². The molecule has 0 fully saturated rings. The summed E-state index contributed by atoms with van der Waals surface area (Å²) in [6.45, 7) is 13.5. The predicted octanol–water partition coefficient (Wildman–Crippen LogP) is 3.18. The predicted molar refractivity (Wildman–Crippen MR) is 71.1 cm³/mol. The lowest BCUT2D eigenvalue weighted by Crippen LogP contribution is -1.88. The largest absolute Gasteiger partial charge is 0.226 e. The van der Waals surface area contributed by atoms with Crippen LogP contribution in [-0.4, -0.2) is 37.2 Å². The van der Waals surface area contributed by atoms with Crippen molar-refractivity contribution in [3.05, 3.63) is 0 Å². The molecule has 4 nitrogen and oxygen atoms in total. The molecule has 0 N–H and O–H groups in total. The SMILES string of the molecule is CC(C)N=C=NC(C)C.CCN=C=NCC. The maximum atomic E-state index is 3.95. The van der Waals surface area contributed by atoms with Gasteiger partial charge in [0, 0.05) is 13.1 Å². The Morgan fingerprint density at radius 1 is 0.750 bits per heavy atom. The normalized spacial score (nSPS) is 8.50. The molecule has 0 rings (SSSR count). The molecule has 0 saturated carbocycles. The molecule has 0 aliphatic heterocycles. The highest BCUT2D eigenvalue weighted by Gasteiger charge is 1.82. The smallest absolute Gasteiger partial charge is 0.0897 e. The fraction of sp³-hybridized carbons (Fsp3) is 0.833. The summed E-state index contributed by atoms with van der Waals surface area (Å²) in [5.41, 5.74) is 0. The topological polar surface area (TPSA) is 49.4 Å². The van der Waals surface area contributed by atoms with E-state index >= 15 is 0 Å². The summed E-state index contributed by atoms with van der Waals surface area (Å²) in [4.78, 5) is 15.4. The average Bonchev–Trinajstić information content (AvgIpc) is 2.18. The van der Waals surface area contributed by atoms with E-state index in [1.807, 2.05) is 41.5 Å². The summed E-state index contributed by atoms with van der Waals surface area (Å²) in [5, 5.41) is 0. The van der Waals surface area contributed by atoms with Crippen LogP contribution in [-0.2, 0) is 0 Å². The summed E-state index contributed by atoms with van der Waals surface area (Å²) in [6, 6.07) is 5.79. The Morgan fingerprint density at radius 2 is 1.12 bits per heavy atom. The Bertz CT molecular complexity index is 234. The number of rotatable bonds is 4. The van der Waals surface area contributed by atoms with E-state index < -0.39 is 0 Å². The van der Waals surface area contributed by atoms with E-state index in [1.54, 1.807) is 0 Å². The quantitative estimate of drug-likeness (QED) is 0.659. The van der Waals surface area contributed by atoms with Crippen LogP contribution in [0.4, 0.5) is 0 Å². The highest BCUT2D eigenvalue weighted by atomic mass is 14.8. The van der Waals surface area contributed by atoms with Gasteiger partial charge < -0.3 is 0 Å². The van der Waals surface area contributed by atoms with Crippen LogP contribution in [0.2, 0.25) is 0 Å². The summed E-state index contributed by atoms with van der Waals surface area (Å²) in [7, 11) is 0. The fourth-order valence-electron chi connectivity index (χ4n) is 0.456. The first kappa shape index (κ1) is 17.2. The van der Waals surface area contributed by atoms with Crippen LogP contribution in [0.25, 0.3) is 0 Å². The van der Waals surface area contributed by atoms with Gasteiger partial charge in [0.15, 0.2) is 0 Å². The lowest BCUT2D eigenvalue weighted by molar-refractivity contribution is 0.818. The Kier molecular flexibility index (Phi) is 14.8. The van der Waals surface area contributed by atoms with E-state index in [9.17, 15) is 0 Å². The first-order chi connectivity index (χ1) is 7.54. The molecule has 0 atom stereocenters. The van der Waals surface area contributed by atoms with Crippen molar-refractivity contribution in [2.75, 3.05) is 13.1 Å². The second-order valence-electron chi connectivity index (χ2n) is 3.59. The van der Waals surface area contributed by atoms with Crippen LogP contribution >= 0.6 is 0 Å². The lowest BCUT2D eigenvalue weighted by Gasteiger charge is -1.89. The Labute approximate surface area is 99.3 Å². The first-order valence-electron chi connectivity index (χ1n) is 5.77. The van der Waals surface area contributed by atoms with E-state index in [0.29, 0.717) is 12.1 Å². The van der Waals surface area contributed by atoms with Crippen LogP contribution in [0.1, 0.15) is 41.5 Å². The molecule has 0 radical (unpaired) electrons. The second-order valence-corrected chi connectivity index (χ2v) is 3.59. The van der Waals surface area contributed by atoms with Gasteiger partial charge >= 0.3 is 0 Å². The highest BCUT2D eigenvalue weighted by Crippen LogP contribution is 1.84. The maximum Gasteiger partial charge on any atom is 0.0897 e. The second kappa shape index (κ2) is 13.8. The van der Waals surface area contributed by atoms with Gasteiger partial charge in [-0.3, -0.25) is 0 Å². The van der Waals surface area contributed by atoms with Gasteiger partial charge in [-0.25, -0.2) is 20.0 Å². The van der Waals surface area contributed by atoms with Crippen molar-refractivity contribution in [1.82, 2.24) is 0 Å². The van der Waals surface area contributed by atoms with Crippen LogP contribution in [0.3, 0.4) is 0 Å². The minimum absolute atomic E-state index is 0.312. The van der Waals surface area contributed by atoms with E-state index in [0.717, 1.165) is 13.1 Å². The van der Waals surface area contributed by atoms with Crippen molar-refractivity contribution in [2.24, 2.45) is 20.0 Å². The maximum absolute atomic E-state index is 3.95. The van der Waals surface area contributed by atoms with E-state index in [1.165, 1.54) is 0 Å². The van der Waals surface area contributed by atoms with Gasteiger partial charge in [-0.05, 0) is 41.5 Å². The van der Waals surface area contributed by atoms with Crippen LogP contribution < -0.4 is 0 Å². The third kappa shape index (κ3) is 23.0. The molecular formula is C12H24N4. The van der Waals surface area contributed by atoms with Gasteiger partial charge in [0.2, 0.25) is 0 Å². The molecule has 16 heavy (non-hydrogen) atoms. The number of aliphatic imine (C=N–C) groups is 4. The molecule has 0 saturated heterocycles. The van der Waals surface area contributed by atoms with Gasteiger partial charge in [0.05, 0.1) is 24.1 Å².